The molecule has 14 heavy (non-hydrogen) atoms. The van der Waals surface area contributed by atoms with Gasteiger partial charge in [-0.3, -0.25) is 0 Å². The van der Waals surface area contributed by atoms with Crippen LogP contribution in [-0.4, -0.2) is 4.86 Å². The molecule has 74 valence electrons. The Bertz CT molecular complexity index is 334. The monoisotopic (exact) mass is 204 g/mol. The van der Waals surface area contributed by atoms with Crippen molar-refractivity contribution in [2.45, 2.75) is 32.1 Å². The Morgan fingerprint density at radius 2 is 1.79 bits per heavy atom. The summed E-state index contributed by atoms with van der Waals surface area (Å²) in [6.45, 7) is 4.40. The predicted molar refractivity (Wildman–Crippen MR) is 64.8 cm³/mol. The average molecular weight is 204 g/mol. The fourth-order valence-corrected chi connectivity index (χ4v) is 2.43. The summed E-state index contributed by atoms with van der Waals surface area (Å²) in [5.74, 6) is 0.521. The Morgan fingerprint density at radius 3 is 2.21 bits per heavy atom. The van der Waals surface area contributed by atoms with Crippen LogP contribution in [0.25, 0.3) is 0 Å². The Balaban J connectivity index is 2.30. The molecule has 1 fully saturated rings. The Labute approximate surface area is 91.3 Å². The third-order valence-electron chi connectivity index (χ3n) is 3.07. The number of benzene rings is 1. The van der Waals surface area contributed by atoms with Gasteiger partial charge in [-0.05, 0) is 24.3 Å². The van der Waals surface area contributed by atoms with Crippen molar-refractivity contribution in [2.75, 3.05) is 0 Å². The molecule has 0 atom stereocenters. The second-order valence-corrected chi connectivity index (χ2v) is 4.91. The molecule has 1 heteroatoms. The van der Waals surface area contributed by atoms with Crippen molar-refractivity contribution in [1.29, 1.82) is 0 Å². The molecule has 0 amide bonds. The lowest BCUT2D eigenvalue weighted by Gasteiger charge is -2.19. The van der Waals surface area contributed by atoms with E-state index in [4.69, 9.17) is 12.2 Å². The van der Waals surface area contributed by atoms with E-state index < -0.39 is 0 Å². The largest absolute Gasteiger partial charge is 0.0884 e. The zero-order valence-corrected chi connectivity index (χ0v) is 9.60. The van der Waals surface area contributed by atoms with Crippen LogP contribution in [0.3, 0.4) is 0 Å². The molecule has 0 aromatic heterocycles. The number of hydrogen-bond acceptors (Lipinski definition) is 1. The van der Waals surface area contributed by atoms with E-state index in [-0.39, 0.29) is 5.41 Å². The van der Waals surface area contributed by atoms with Crippen molar-refractivity contribution in [3.05, 3.63) is 35.9 Å². The lowest BCUT2D eigenvalue weighted by molar-refractivity contribution is 0.813. The lowest BCUT2D eigenvalue weighted by atomic mass is 9.87. The summed E-state index contributed by atoms with van der Waals surface area (Å²) >= 11 is 5.56. The van der Waals surface area contributed by atoms with E-state index in [1.807, 2.05) is 0 Å². The molecule has 0 aliphatic heterocycles. The summed E-state index contributed by atoms with van der Waals surface area (Å²) in [7, 11) is 0. The Morgan fingerprint density at radius 1 is 1.21 bits per heavy atom. The zero-order chi connectivity index (χ0) is 10.2. The van der Waals surface area contributed by atoms with Crippen molar-refractivity contribution >= 4 is 17.1 Å². The maximum absolute atomic E-state index is 5.56. The van der Waals surface area contributed by atoms with Gasteiger partial charge in [0.1, 0.15) is 0 Å². The maximum atomic E-state index is 5.56. The van der Waals surface area contributed by atoms with Gasteiger partial charge in [0, 0.05) is 10.3 Å². The molecule has 0 saturated heterocycles. The second kappa shape index (κ2) is 3.47. The third kappa shape index (κ3) is 1.50. The summed E-state index contributed by atoms with van der Waals surface area (Å²) in [6, 6.07) is 10.7. The van der Waals surface area contributed by atoms with Gasteiger partial charge in [0.15, 0.2) is 0 Å². The molecule has 1 aromatic carbocycles. The standard InChI is InChI=1S/C13H16S/c1-10(2)12(14)13(8-9-13)11-6-4-3-5-7-11/h3-7,10H,8-9H2,1-2H3. The highest BCUT2D eigenvalue weighted by molar-refractivity contribution is 7.80. The molecule has 2 rings (SSSR count). The van der Waals surface area contributed by atoms with E-state index >= 15 is 0 Å². The maximum Gasteiger partial charge on any atom is 0.0269 e. The van der Waals surface area contributed by atoms with Gasteiger partial charge in [0.05, 0.1) is 0 Å². The van der Waals surface area contributed by atoms with Gasteiger partial charge < -0.3 is 0 Å². The fourth-order valence-electron chi connectivity index (χ4n) is 2.11. The van der Waals surface area contributed by atoms with Crippen LogP contribution in [-0.2, 0) is 5.41 Å². The number of hydrogen-bond donors (Lipinski definition) is 0. The van der Waals surface area contributed by atoms with Crippen LogP contribution < -0.4 is 0 Å². The first-order valence-corrected chi connectivity index (χ1v) is 5.67. The van der Waals surface area contributed by atoms with E-state index in [0.717, 1.165) is 0 Å². The molecule has 0 nitrogen and oxygen atoms in total. The van der Waals surface area contributed by atoms with Crippen molar-refractivity contribution in [3.63, 3.8) is 0 Å². The third-order valence-corrected chi connectivity index (χ3v) is 3.93. The second-order valence-electron chi connectivity index (χ2n) is 4.47. The summed E-state index contributed by atoms with van der Waals surface area (Å²) in [5.41, 5.74) is 1.67. The van der Waals surface area contributed by atoms with Crippen molar-refractivity contribution in [3.8, 4) is 0 Å². The van der Waals surface area contributed by atoms with Gasteiger partial charge in [-0.1, -0.05) is 56.4 Å². The smallest absolute Gasteiger partial charge is 0.0269 e. The molecular weight excluding hydrogens is 188 g/mol. The Kier molecular flexibility index (Phi) is 2.44. The van der Waals surface area contributed by atoms with E-state index in [1.54, 1.807) is 0 Å². The molecule has 0 heterocycles. The summed E-state index contributed by atoms with van der Waals surface area (Å²) < 4.78 is 0. The number of rotatable bonds is 3. The predicted octanol–water partition coefficient (Wildman–Crippen LogP) is 3.74. The molecule has 0 spiro atoms. The normalized spacial score (nSPS) is 18.2. The minimum Gasteiger partial charge on any atom is -0.0884 e. The quantitative estimate of drug-likeness (QED) is 0.676. The highest BCUT2D eigenvalue weighted by Gasteiger charge is 2.48. The topological polar surface area (TPSA) is 0 Å². The van der Waals surface area contributed by atoms with Crippen LogP contribution in [0.5, 0.6) is 0 Å². The summed E-state index contributed by atoms with van der Waals surface area (Å²) in [4.78, 5) is 1.24. The van der Waals surface area contributed by atoms with E-state index in [9.17, 15) is 0 Å². The Hall–Kier alpha value is -0.690. The molecule has 1 aliphatic carbocycles. The molecular formula is C13H16S. The fraction of sp³-hybridized carbons (Fsp3) is 0.462. The summed E-state index contributed by atoms with van der Waals surface area (Å²) in [6.07, 6.45) is 2.49. The van der Waals surface area contributed by atoms with Crippen molar-refractivity contribution in [2.24, 2.45) is 5.92 Å². The van der Waals surface area contributed by atoms with Crippen LogP contribution in [0.4, 0.5) is 0 Å². The highest BCUT2D eigenvalue weighted by Crippen LogP contribution is 2.50. The van der Waals surface area contributed by atoms with Gasteiger partial charge in [-0.15, -0.1) is 0 Å². The van der Waals surface area contributed by atoms with Crippen LogP contribution in [0.2, 0.25) is 0 Å². The van der Waals surface area contributed by atoms with Gasteiger partial charge in [0.25, 0.3) is 0 Å². The lowest BCUT2D eigenvalue weighted by Crippen LogP contribution is -2.23. The molecule has 0 unspecified atom stereocenters. The zero-order valence-electron chi connectivity index (χ0n) is 8.79. The first kappa shape index (κ1) is 9.85. The van der Waals surface area contributed by atoms with Gasteiger partial charge >= 0.3 is 0 Å². The first-order valence-electron chi connectivity index (χ1n) is 5.27. The SMILES string of the molecule is CC(C)C(=S)C1(c2ccccc2)CC1. The van der Waals surface area contributed by atoms with Crippen LogP contribution in [0.1, 0.15) is 32.3 Å². The van der Waals surface area contributed by atoms with Crippen molar-refractivity contribution in [1.82, 2.24) is 0 Å². The molecule has 0 N–H and O–H groups in total. The van der Waals surface area contributed by atoms with Crippen LogP contribution in [0, 0.1) is 5.92 Å². The van der Waals surface area contributed by atoms with Crippen LogP contribution >= 0.6 is 12.2 Å². The molecule has 0 bridgehead atoms. The van der Waals surface area contributed by atoms with E-state index in [2.05, 4.69) is 44.2 Å². The molecule has 1 saturated carbocycles. The minimum absolute atomic E-state index is 0.255. The molecule has 1 aliphatic rings. The summed E-state index contributed by atoms with van der Waals surface area (Å²) in [5, 5.41) is 0. The van der Waals surface area contributed by atoms with Crippen molar-refractivity contribution < 1.29 is 0 Å². The average Bonchev–Trinajstić information content (AvgIpc) is 2.99. The minimum atomic E-state index is 0.255. The number of thiocarbonyl (C=S) groups is 1. The van der Waals surface area contributed by atoms with Gasteiger partial charge in [-0.2, -0.15) is 0 Å². The van der Waals surface area contributed by atoms with Gasteiger partial charge in [-0.25, -0.2) is 0 Å². The van der Waals surface area contributed by atoms with Gasteiger partial charge in [0.2, 0.25) is 0 Å². The molecule has 0 radical (unpaired) electrons. The van der Waals surface area contributed by atoms with Crippen LogP contribution in [0.15, 0.2) is 30.3 Å². The highest BCUT2D eigenvalue weighted by atomic mass is 32.1. The first-order chi connectivity index (χ1) is 6.67. The molecule has 1 aromatic rings. The van der Waals surface area contributed by atoms with E-state index in [1.165, 1.54) is 23.3 Å². The van der Waals surface area contributed by atoms with E-state index in [0.29, 0.717) is 5.92 Å².